The number of rotatable bonds is 4. The quantitative estimate of drug-likeness (QED) is 0.420. The van der Waals surface area contributed by atoms with E-state index in [-0.39, 0.29) is 16.5 Å². The van der Waals surface area contributed by atoms with Crippen molar-refractivity contribution < 1.29 is 4.92 Å². The maximum atomic E-state index is 11.3. The molecule has 1 heterocycles. The van der Waals surface area contributed by atoms with Crippen molar-refractivity contribution in [2.75, 3.05) is 0 Å². The Bertz CT molecular complexity index is 914. The number of aromatic nitrogens is 1. The summed E-state index contributed by atoms with van der Waals surface area (Å²) in [5.74, 6) is 0.0863. The number of nitro benzene ring substituents is 1. The molecule has 0 atom stereocenters. The highest BCUT2D eigenvalue weighted by Gasteiger charge is 2.17. The second kappa shape index (κ2) is 6.71. The molecule has 3 aromatic rings. The predicted octanol–water partition coefficient (Wildman–Crippen LogP) is 6.06. The maximum absolute atomic E-state index is 11.3. The second-order valence-electron chi connectivity index (χ2n) is 5.71. The summed E-state index contributed by atoms with van der Waals surface area (Å²) in [6.07, 6.45) is 1.72. The Morgan fingerprint density at radius 2 is 2.04 bits per heavy atom. The van der Waals surface area contributed by atoms with Gasteiger partial charge in [-0.05, 0) is 29.7 Å². The van der Waals surface area contributed by atoms with Crippen LogP contribution in [0.2, 0.25) is 0 Å². The number of halogens is 1. The topological polar surface area (TPSA) is 56.0 Å². The summed E-state index contributed by atoms with van der Waals surface area (Å²) in [7, 11) is 0. The highest BCUT2D eigenvalue weighted by molar-refractivity contribution is 7.20. The molecule has 0 aliphatic carbocycles. The van der Waals surface area contributed by atoms with Crippen LogP contribution in [0, 0.1) is 10.1 Å². The fraction of sp³-hybridized carbons (Fsp3) is 0.167. The van der Waals surface area contributed by atoms with E-state index in [2.05, 4.69) is 4.98 Å². The Labute approximate surface area is 148 Å². The molecular weight excluding hydrogens is 344 g/mol. The van der Waals surface area contributed by atoms with Gasteiger partial charge in [0, 0.05) is 11.6 Å². The lowest BCUT2D eigenvalue weighted by molar-refractivity contribution is -0.385. The molecule has 0 aliphatic rings. The van der Waals surface area contributed by atoms with E-state index in [4.69, 9.17) is 11.6 Å². The van der Waals surface area contributed by atoms with Crippen LogP contribution >= 0.6 is 22.9 Å². The zero-order valence-electron chi connectivity index (χ0n) is 13.2. The summed E-state index contributed by atoms with van der Waals surface area (Å²) >= 11 is 7.88. The monoisotopic (exact) mass is 358 g/mol. The average molecular weight is 359 g/mol. The van der Waals surface area contributed by atoms with Gasteiger partial charge in [-0.25, -0.2) is 4.98 Å². The van der Waals surface area contributed by atoms with Crippen molar-refractivity contribution in [2.24, 2.45) is 0 Å². The van der Waals surface area contributed by atoms with E-state index >= 15 is 0 Å². The van der Waals surface area contributed by atoms with Crippen LogP contribution in [0.4, 0.5) is 5.69 Å². The molecule has 0 N–H and O–H groups in total. The van der Waals surface area contributed by atoms with Gasteiger partial charge in [0.15, 0.2) is 0 Å². The Morgan fingerprint density at radius 3 is 2.71 bits per heavy atom. The number of benzene rings is 2. The molecule has 2 aromatic carbocycles. The van der Waals surface area contributed by atoms with Crippen LogP contribution in [0.15, 0.2) is 42.5 Å². The van der Waals surface area contributed by atoms with E-state index in [1.807, 2.05) is 44.2 Å². The summed E-state index contributed by atoms with van der Waals surface area (Å²) in [4.78, 5) is 15.4. The van der Waals surface area contributed by atoms with Gasteiger partial charge in [-0.3, -0.25) is 10.1 Å². The molecule has 0 saturated heterocycles. The fourth-order valence-corrected chi connectivity index (χ4v) is 3.64. The highest BCUT2D eigenvalue weighted by atomic mass is 35.5. The van der Waals surface area contributed by atoms with Gasteiger partial charge in [0.05, 0.1) is 20.2 Å². The minimum atomic E-state index is -0.349. The zero-order chi connectivity index (χ0) is 17.3. The van der Waals surface area contributed by atoms with E-state index in [9.17, 15) is 10.1 Å². The molecule has 1 aromatic heterocycles. The largest absolute Gasteiger partial charge is 0.273 e. The minimum Gasteiger partial charge on any atom is -0.258 e. The van der Waals surface area contributed by atoms with Crippen molar-refractivity contribution in [3.63, 3.8) is 0 Å². The summed E-state index contributed by atoms with van der Waals surface area (Å²) in [5, 5.41) is 12.5. The first kappa shape index (κ1) is 16.6. The molecule has 3 rings (SSSR count). The van der Waals surface area contributed by atoms with Gasteiger partial charge in [-0.1, -0.05) is 49.7 Å². The van der Waals surface area contributed by atoms with Crippen molar-refractivity contribution in [1.29, 1.82) is 0 Å². The molecule has 0 bridgehead atoms. The Kier molecular flexibility index (Phi) is 4.64. The van der Waals surface area contributed by atoms with Gasteiger partial charge in [-0.2, -0.15) is 0 Å². The number of thiazole rings is 1. The Hall–Kier alpha value is -2.24. The lowest BCUT2D eigenvalue weighted by Gasteiger charge is -2.07. The van der Waals surface area contributed by atoms with Crippen LogP contribution in [0.3, 0.4) is 0 Å². The molecule has 0 amide bonds. The number of nitrogens with zero attached hydrogens (tertiary/aromatic N) is 2. The van der Waals surface area contributed by atoms with E-state index in [0.29, 0.717) is 21.2 Å². The summed E-state index contributed by atoms with van der Waals surface area (Å²) in [6.45, 7) is 3.87. The normalized spacial score (nSPS) is 12.1. The molecule has 0 saturated carbocycles. The van der Waals surface area contributed by atoms with E-state index in [1.54, 1.807) is 18.2 Å². The van der Waals surface area contributed by atoms with Crippen LogP contribution < -0.4 is 0 Å². The average Bonchev–Trinajstić information content (AvgIpc) is 2.98. The second-order valence-corrected chi connectivity index (χ2v) is 7.15. The third kappa shape index (κ3) is 3.32. The van der Waals surface area contributed by atoms with Gasteiger partial charge >= 0.3 is 0 Å². The number of hydrogen-bond acceptors (Lipinski definition) is 4. The van der Waals surface area contributed by atoms with Crippen molar-refractivity contribution in [3.8, 4) is 0 Å². The fourth-order valence-electron chi connectivity index (χ4n) is 2.48. The van der Waals surface area contributed by atoms with Gasteiger partial charge in [0.1, 0.15) is 5.01 Å². The molecule has 4 nitrogen and oxygen atoms in total. The molecule has 0 fully saturated rings. The van der Waals surface area contributed by atoms with E-state index < -0.39 is 0 Å². The standard InChI is InChI=1S/C18H15ClN2O2S/c1-11(2)13-8-7-12(10-16(13)21(22)23)9-14(19)18-20-15-5-3-4-6-17(15)24-18/h3-11H,1-2H3/b14-9-. The third-order valence-corrected chi connectivity index (χ3v) is 5.13. The van der Waals surface area contributed by atoms with Gasteiger partial charge in [0.25, 0.3) is 5.69 Å². The Morgan fingerprint density at radius 1 is 1.29 bits per heavy atom. The van der Waals surface area contributed by atoms with E-state index in [1.165, 1.54) is 11.3 Å². The summed E-state index contributed by atoms with van der Waals surface area (Å²) in [5.41, 5.74) is 2.42. The van der Waals surface area contributed by atoms with E-state index in [0.717, 1.165) is 10.2 Å². The van der Waals surface area contributed by atoms with Gasteiger partial charge in [-0.15, -0.1) is 11.3 Å². The first-order valence-corrected chi connectivity index (χ1v) is 8.66. The third-order valence-electron chi connectivity index (χ3n) is 3.66. The molecule has 0 aliphatic heterocycles. The number of fused-ring (bicyclic) bond motifs is 1. The first-order valence-electron chi connectivity index (χ1n) is 7.47. The molecule has 6 heteroatoms. The molecular formula is C18H15ClN2O2S. The number of nitro groups is 1. The molecule has 0 spiro atoms. The Balaban J connectivity index is 2.00. The first-order chi connectivity index (χ1) is 11.5. The SMILES string of the molecule is CC(C)c1ccc(/C=C(\Cl)c2nc3ccccc3s2)cc1[N+](=O)[O-]. The smallest absolute Gasteiger partial charge is 0.258 e. The van der Waals surface area contributed by atoms with Crippen LogP contribution in [-0.4, -0.2) is 9.91 Å². The molecule has 0 radical (unpaired) electrons. The van der Waals surface area contributed by atoms with Crippen LogP contribution in [0.1, 0.15) is 35.9 Å². The van der Waals surface area contributed by atoms with Crippen LogP contribution in [0.25, 0.3) is 21.3 Å². The minimum absolute atomic E-state index is 0.0863. The summed E-state index contributed by atoms with van der Waals surface area (Å²) in [6, 6.07) is 13.0. The summed E-state index contributed by atoms with van der Waals surface area (Å²) < 4.78 is 1.06. The zero-order valence-corrected chi connectivity index (χ0v) is 14.8. The van der Waals surface area contributed by atoms with Crippen molar-refractivity contribution >= 4 is 50.0 Å². The van der Waals surface area contributed by atoms with Crippen molar-refractivity contribution in [1.82, 2.24) is 4.98 Å². The number of hydrogen-bond donors (Lipinski definition) is 0. The highest BCUT2D eigenvalue weighted by Crippen LogP contribution is 2.32. The van der Waals surface area contributed by atoms with Gasteiger partial charge in [0.2, 0.25) is 0 Å². The number of para-hydroxylation sites is 1. The predicted molar refractivity (Wildman–Crippen MR) is 101 cm³/mol. The van der Waals surface area contributed by atoms with Gasteiger partial charge < -0.3 is 0 Å². The van der Waals surface area contributed by atoms with Crippen LogP contribution in [-0.2, 0) is 0 Å². The lowest BCUT2D eigenvalue weighted by atomic mass is 9.99. The van der Waals surface area contributed by atoms with Crippen molar-refractivity contribution in [3.05, 3.63) is 68.7 Å². The van der Waals surface area contributed by atoms with Crippen molar-refractivity contribution in [2.45, 2.75) is 19.8 Å². The maximum Gasteiger partial charge on any atom is 0.273 e. The van der Waals surface area contributed by atoms with Crippen LogP contribution in [0.5, 0.6) is 0 Å². The molecule has 0 unspecified atom stereocenters. The molecule has 24 heavy (non-hydrogen) atoms. The lowest BCUT2D eigenvalue weighted by Crippen LogP contribution is -1.97. The molecule has 122 valence electrons.